The van der Waals surface area contributed by atoms with Gasteiger partial charge in [-0.15, -0.1) is 0 Å². The van der Waals surface area contributed by atoms with E-state index in [9.17, 15) is 19.2 Å². The first kappa shape index (κ1) is 22.7. The van der Waals surface area contributed by atoms with E-state index in [2.05, 4.69) is 17.6 Å². The smallest absolute Gasteiger partial charge is 0.258 e. The van der Waals surface area contributed by atoms with Crippen molar-refractivity contribution in [1.82, 2.24) is 15.2 Å². The molecule has 2 unspecified atom stereocenters. The van der Waals surface area contributed by atoms with Gasteiger partial charge in [0.15, 0.2) is 0 Å². The molecular weight excluding hydrogens is 398 g/mol. The van der Waals surface area contributed by atoms with Crippen molar-refractivity contribution in [3.63, 3.8) is 0 Å². The number of hydrogen-bond acceptors (Lipinski definition) is 6. The maximum Gasteiger partial charge on any atom is 0.258 e. The zero-order valence-electron chi connectivity index (χ0n) is 18.1. The minimum atomic E-state index is -0.733. The van der Waals surface area contributed by atoms with Gasteiger partial charge in [-0.3, -0.25) is 29.5 Å². The van der Waals surface area contributed by atoms with Crippen LogP contribution in [0.15, 0.2) is 18.2 Å². The van der Waals surface area contributed by atoms with Gasteiger partial charge in [-0.1, -0.05) is 38.3 Å². The molecule has 1 aromatic carbocycles. The van der Waals surface area contributed by atoms with E-state index in [0.29, 0.717) is 23.2 Å². The molecule has 1 saturated heterocycles. The fraction of sp³-hybridized carbons (Fsp3) is 0.545. The monoisotopic (exact) mass is 429 g/mol. The average molecular weight is 430 g/mol. The number of carbonyl (C=O) groups excluding carboxylic acids is 4. The maximum atomic E-state index is 13.4. The Bertz CT molecular complexity index is 871. The number of nitrogens with zero attached hydrogens (tertiary/aromatic N) is 2. The van der Waals surface area contributed by atoms with Gasteiger partial charge >= 0.3 is 0 Å². The summed E-state index contributed by atoms with van der Waals surface area (Å²) in [6.07, 6.45) is 4.35. The Balaban J connectivity index is 1.77. The molecule has 1 fully saturated rings. The van der Waals surface area contributed by atoms with Gasteiger partial charge < -0.3 is 10.2 Å². The number of hydrogen-bond donors (Lipinski definition) is 3. The van der Waals surface area contributed by atoms with E-state index in [0.717, 1.165) is 30.7 Å². The molecule has 3 rings (SSSR count). The molecule has 4 N–H and O–H groups in total. The highest BCUT2D eigenvalue weighted by Crippen LogP contribution is 2.31. The third-order valence-corrected chi connectivity index (χ3v) is 5.83. The summed E-state index contributed by atoms with van der Waals surface area (Å²) in [4.78, 5) is 51.2. The van der Waals surface area contributed by atoms with Crippen molar-refractivity contribution in [3.8, 4) is 0 Å². The normalized spacial score (nSPS) is 20.7. The summed E-state index contributed by atoms with van der Waals surface area (Å²) >= 11 is 0. The number of imide groups is 1. The lowest BCUT2D eigenvalue weighted by molar-refractivity contribution is -0.137. The molecule has 0 aliphatic carbocycles. The highest BCUT2D eigenvalue weighted by atomic mass is 16.2. The number of amides is 4. The second-order valence-electron chi connectivity index (χ2n) is 8.17. The van der Waals surface area contributed by atoms with Crippen molar-refractivity contribution < 1.29 is 19.2 Å². The highest BCUT2D eigenvalue weighted by Gasteiger charge is 2.41. The van der Waals surface area contributed by atoms with E-state index in [-0.39, 0.29) is 37.1 Å². The summed E-state index contributed by atoms with van der Waals surface area (Å²) in [5.41, 5.74) is 1.66. The molecule has 31 heavy (non-hydrogen) atoms. The van der Waals surface area contributed by atoms with E-state index in [1.807, 2.05) is 6.07 Å². The quantitative estimate of drug-likeness (QED) is 0.191. The number of piperidine rings is 1. The lowest BCUT2D eigenvalue weighted by atomic mass is 9.96. The minimum absolute atomic E-state index is 0.0980. The van der Waals surface area contributed by atoms with Gasteiger partial charge in [0.25, 0.3) is 5.91 Å². The first-order chi connectivity index (χ1) is 14.8. The van der Waals surface area contributed by atoms with Crippen LogP contribution in [0.5, 0.6) is 0 Å². The van der Waals surface area contributed by atoms with Gasteiger partial charge in [0.1, 0.15) is 6.04 Å². The maximum absolute atomic E-state index is 13.4. The molecule has 9 nitrogen and oxygen atoms in total. The van der Waals surface area contributed by atoms with Gasteiger partial charge in [0, 0.05) is 18.5 Å². The average Bonchev–Trinajstić information content (AvgIpc) is 2.72. The Morgan fingerprint density at radius 3 is 2.71 bits per heavy atom. The van der Waals surface area contributed by atoms with Gasteiger partial charge in [-0.2, -0.15) is 0 Å². The van der Waals surface area contributed by atoms with Crippen molar-refractivity contribution in [2.45, 2.75) is 77.5 Å². The largest absolute Gasteiger partial charge is 0.365 e. The van der Waals surface area contributed by atoms with Crippen LogP contribution in [0.25, 0.3) is 0 Å². The van der Waals surface area contributed by atoms with E-state index < -0.39 is 18.1 Å². The summed E-state index contributed by atoms with van der Waals surface area (Å²) in [6, 6.07) is 4.63. The number of hydrazine groups is 1. The van der Waals surface area contributed by atoms with Crippen molar-refractivity contribution in [2.75, 3.05) is 5.32 Å². The van der Waals surface area contributed by atoms with Crippen LogP contribution in [-0.4, -0.2) is 45.7 Å². The third kappa shape index (κ3) is 5.04. The Morgan fingerprint density at radius 2 is 2.00 bits per heavy atom. The number of fused-ring (bicyclic) bond motifs is 1. The van der Waals surface area contributed by atoms with Crippen LogP contribution in [0.2, 0.25) is 0 Å². The van der Waals surface area contributed by atoms with Crippen molar-refractivity contribution in [2.24, 2.45) is 5.84 Å². The molecule has 2 aliphatic heterocycles. The van der Waals surface area contributed by atoms with Crippen LogP contribution in [0.1, 0.15) is 74.7 Å². The number of benzene rings is 1. The number of anilines is 1. The summed E-state index contributed by atoms with van der Waals surface area (Å²) in [5, 5.41) is 6.72. The zero-order chi connectivity index (χ0) is 22.5. The molecule has 9 heteroatoms. The third-order valence-electron chi connectivity index (χ3n) is 5.83. The first-order valence-corrected chi connectivity index (χ1v) is 10.9. The zero-order valence-corrected chi connectivity index (χ0v) is 18.1. The molecule has 2 atom stereocenters. The minimum Gasteiger partial charge on any atom is -0.365 e. The van der Waals surface area contributed by atoms with Crippen molar-refractivity contribution >= 4 is 29.3 Å². The van der Waals surface area contributed by atoms with Gasteiger partial charge in [-0.05, 0) is 31.4 Å². The molecular formula is C22H31N5O4. The SMILES string of the molecule is CCCCCCC(=O)N(N)Cc1cccc2c1C(=O)N(C1CCC(=O)NC1=O)C(C)N2. The van der Waals surface area contributed by atoms with Gasteiger partial charge in [-0.25, -0.2) is 5.84 Å². The first-order valence-electron chi connectivity index (χ1n) is 10.9. The fourth-order valence-corrected chi connectivity index (χ4v) is 4.18. The molecule has 1 aromatic rings. The second-order valence-corrected chi connectivity index (χ2v) is 8.17. The van der Waals surface area contributed by atoms with Crippen molar-refractivity contribution in [3.05, 3.63) is 29.3 Å². The molecule has 168 valence electrons. The number of unbranched alkanes of at least 4 members (excludes halogenated alkanes) is 3. The lowest BCUT2D eigenvalue weighted by Gasteiger charge is -2.42. The summed E-state index contributed by atoms with van der Waals surface area (Å²) in [7, 11) is 0. The molecule has 2 aliphatic rings. The van der Waals surface area contributed by atoms with Crippen LogP contribution in [0, 0.1) is 0 Å². The lowest BCUT2D eigenvalue weighted by Crippen LogP contribution is -2.60. The molecule has 0 radical (unpaired) electrons. The van der Waals surface area contributed by atoms with Crippen LogP contribution in [-0.2, 0) is 20.9 Å². The summed E-state index contributed by atoms with van der Waals surface area (Å²) in [6.45, 7) is 4.01. The summed E-state index contributed by atoms with van der Waals surface area (Å²) in [5.74, 6) is 4.74. The van der Waals surface area contributed by atoms with Crippen LogP contribution >= 0.6 is 0 Å². The number of nitrogens with two attached hydrogens (primary N) is 1. The predicted molar refractivity (Wildman–Crippen MR) is 115 cm³/mol. The molecule has 0 aromatic heterocycles. The Kier molecular flexibility index (Phi) is 7.27. The van der Waals surface area contributed by atoms with E-state index in [4.69, 9.17) is 5.84 Å². The highest BCUT2D eigenvalue weighted by molar-refractivity contribution is 6.07. The van der Waals surface area contributed by atoms with Gasteiger partial charge in [0.2, 0.25) is 17.7 Å². The van der Waals surface area contributed by atoms with Crippen molar-refractivity contribution in [1.29, 1.82) is 0 Å². The number of rotatable bonds is 8. The van der Waals surface area contributed by atoms with Crippen LogP contribution in [0.3, 0.4) is 0 Å². The number of nitrogens with one attached hydrogen (secondary N) is 2. The predicted octanol–water partition coefficient (Wildman–Crippen LogP) is 1.88. The molecule has 0 spiro atoms. The van der Waals surface area contributed by atoms with Crippen LogP contribution in [0.4, 0.5) is 5.69 Å². The molecule has 4 amide bonds. The fourth-order valence-electron chi connectivity index (χ4n) is 4.18. The Labute approximate surface area is 182 Å². The standard InChI is InChI=1S/C22H31N5O4/c1-3-4-5-6-10-19(29)26(23)13-15-8-7-9-16-20(15)22(31)27(14(2)24-16)17-11-12-18(28)25-21(17)30/h7-9,14,17,24H,3-6,10-13,23H2,1-2H3,(H,25,28,30). The van der Waals surface area contributed by atoms with E-state index >= 15 is 0 Å². The molecule has 2 heterocycles. The van der Waals surface area contributed by atoms with E-state index in [1.165, 1.54) is 4.90 Å². The molecule has 0 saturated carbocycles. The second kappa shape index (κ2) is 9.91. The summed E-state index contributed by atoms with van der Waals surface area (Å²) < 4.78 is 0. The van der Waals surface area contributed by atoms with Crippen LogP contribution < -0.4 is 16.5 Å². The Hall–Kier alpha value is -2.94. The van der Waals surface area contributed by atoms with E-state index in [1.54, 1.807) is 19.1 Å². The molecule has 0 bridgehead atoms. The van der Waals surface area contributed by atoms with Gasteiger partial charge in [0.05, 0.1) is 18.3 Å². The Morgan fingerprint density at radius 1 is 1.23 bits per heavy atom. The topological polar surface area (TPSA) is 125 Å². The number of carbonyl (C=O) groups is 4.